The molecular weight excluding hydrogens is 304 g/mol. The van der Waals surface area contributed by atoms with Gasteiger partial charge in [0, 0.05) is 12.3 Å². The van der Waals surface area contributed by atoms with Crippen LogP contribution in [0.15, 0.2) is 63.8 Å². The third kappa shape index (κ3) is 2.95. The topological polar surface area (TPSA) is 56.5 Å². The Morgan fingerprint density at radius 3 is 2.42 bits per heavy atom. The summed E-state index contributed by atoms with van der Waals surface area (Å²) in [6.45, 7) is 1.52. The van der Waals surface area contributed by atoms with Crippen LogP contribution >= 0.6 is 0 Å². The Hall–Kier alpha value is -2.88. The van der Waals surface area contributed by atoms with Gasteiger partial charge in [-0.05, 0) is 24.6 Å². The van der Waals surface area contributed by atoms with Gasteiger partial charge in [0.2, 0.25) is 0 Å². The summed E-state index contributed by atoms with van der Waals surface area (Å²) in [5.41, 5.74) is 1.27. The molecule has 0 aliphatic carbocycles. The van der Waals surface area contributed by atoms with E-state index in [1.54, 1.807) is 12.1 Å². The number of fused-ring (bicyclic) bond motifs is 1. The Morgan fingerprint density at radius 2 is 1.75 bits per heavy atom. The predicted molar refractivity (Wildman–Crippen MR) is 92.6 cm³/mol. The first-order valence-corrected chi connectivity index (χ1v) is 7.76. The number of hydrogen-bond acceptors (Lipinski definition) is 4. The van der Waals surface area contributed by atoms with Crippen LogP contribution in [0.4, 0.5) is 0 Å². The zero-order valence-electron chi connectivity index (χ0n) is 13.6. The highest BCUT2D eigenvalue weighted by molar-refractivity contribution is 5.85. The normalized spacial score (nSPS) is 12.1. The summed E-state index contributed by atoms with van der Waals surface area (Å²) in [6, 6.07) is 16.7. The number of rotatable bonds is 5. The number of carbonyl (C=O) groups is 1. The van der Waals surface area contributed by atoms with Crippen molar-refractivity contribution in [2.75, 3.05) is 7.11 Å². The first-order valence-electron chi connectivity index (χ1n) is 7.76. The van der Waals surface area contributed by atoms with Crippen LogP contribution in [0.25, 0.3) is 11.0 Å². The van der Waals surface area contributed by atoms with Crippen LogP contribution in [0.1, 0.15) is 30.4 Å². The molecule has 1 aromatic heterocycles. The maximum absolute atomic E-state index is 12.7. The summed E-state index contributed by atoms with van der Waals surface area (Å²) in [4.78, 5) is 24.5. The molecule has 0 fully saturated rings. The first-order chi connectivity index (χ1) is 11.6. The van der Waals surface area contributed by atoms with Gasteiger partial charge in [-0.1, -0.05) is 42.5 Å². The van der Waals surface area contributed by atoms with Crippen LogP contribution < -0.4 is 10.4 Å². The van der Waals surface area contributed by atoms with Gasteiger partial charge in [0.25, 0.3) is 0 Å². The molecule has 0 bridgehead atoms. The first kappa shape index (κ1) is 16.0. The number of ketones is 1. The van der Waals surface area contributed by atoms with E-state index in [1.807, 2.05) is 42.5 Å². The van der Waals surface area contributed by atoms with Crippen molar-refractivity contribution in [3.05, 3.63) is 76.1 Å². The van der Waals surface area contributed by atoms with Crippen molar-refractivity contribution in [3.8, 4) is 5.75 Å². The van der Waals surface area contributed by atoms with Gasteiger partial charge in [-0.15, -0.1) is 0 Å². The number of ether oxygens (including phenoxy) is 1. The van der Waals surface area contributed by atoms with Crippen molar-refractivity contribution in [3.63, 3.8) is 0 Å². The average Bonchev–Trinajstić information content (AvgIpc) is 2.59. The third-order valence-electron chi connectivity index (χ3n) is 4.04. The van der Waals surface area contributed by atoms with Gasteiger partial charge < -0.3 is 9.15 Å². The zero-order chi connectivity index (χ0) is 17.1. The summed E-state index contributed by atoms with van der Waals surface area (Å²) >= 11 is 0. The van der Waals surface area contributed by atoms with Crippen LogP contribution in [-0.4, -0.2) is 12.9 Å². The Kier molecular flexibility index (Phi) is 4.47. The molecule has 2 aromatic carbocycles. The monoisotopic (exact) mass is 322 g/mol. The van der Waals surface area contributed by atoms with Crippen LogP contribution in [0, 0.1) is 0 Å². The lowest BCUT2D eigenvalue weighted by molar-refractivity contribution is -0.117. The molecule has 24 heavy (non-hydrogen) atoms. The van der Waals surface area contributed by atoms with Gasteiger partial charge >= 0.3 is 5.63 Å². The van der Waals surface area contributed by atoms with Crippen LogP contribution in [0.5, 0.6) is 5.75 Å². The molecule has 0 aliphatic rings. The highest BCUT2D eigenvalue weighted by Gasteiger charge is 2.26. The standard InChI is InChI=1S/C20H18O4/c1-13(21)12-16(14-8-4-3-5-9-14)18-19(23-2)15-10-6-7-11-17(15)24-20(18)22/h3-11,16H,12H2,1-2H3/t16-/m0/s1. The lowest BCUT2D eigenvalue weighted by Gasteiger charge is -2.19. The minimum atomic E-state index is -0.472. The Labute approximate surface area is 139 Å². The smallest absolute Gasteiger partial charge is 0.343 e. The summed E-state index contributed by atoms with van der Waals surface area (Å²) in [5, 5.41) is 0.721. The van der Waals surface area contributed by atoms with E-state index in [1.165, 1.54) is 14.0 Å². The molecule has 0 spiro atoms. The van der Waals surface area contributed by atoms with Gasteiger partial charge in [0.15, 0.2) is 0 Å². The van der Waals surface area contributed by atoms with E-state index >= 15 is 0 Å². The van der Waals surface area contributed by atoms with Crippen molar-refractivity contribution >= 4 is 16.8 Å². The van der Waals surface area contributed by atoms with Crippen LogP contribution in [0.2, 0.25) is 0 Å². The van der Waals surface area contributed by atoms with Crippen molar-refractivity contribution in [1.82, 2.24) is 0 Å². The summed E-state index contributed by atoms with van der Waals surface area (Å²) in [6.07, 6.45) is 0.212. The zero-order valence-corrected chi connectivity index (χ0v) is 13.6. The molecule has 3 rings (SSSR count). The fourth-order valence-corrected chi connectivity index (χ4v) is 3.02. The van der Waals surface area contributed by atoms with Gasteiger partial charge in [-0.2, -0.15) is 0 Å². The Bertz CT molecular complexity index is 925. The minimum Gasteiger partial charge on any atom is -0.495 e. The lowest BCUT2D eigenvalue weighted by atomic mass is 9.87. The van der Waals surface area contributed by atoms with Crippen molar-refractivity contribution in [2.24, 2.45) is 0 Å². The summed E-state index contributed by atoms with van der Waals surface area (Å²) in [7, 11) is 1.53. The third-order valence-corrected chi connectivity index (χ3v) is 4.04. The summed E-state index contributed by atoms with van der Waals surface area (Å²) in [5.74, 6) is 0.0647. The SMILES string of the molecule is COc1c([C@@H](CC(C)=O)c2ccccc2)c(=O)oc2ccccc12. The molecule has 0 radical (unpaired) electrons. The molecular formula is C20H18O4. The second-order valence-electron chi connectivity index (χ2n) is 5.70. The minimum absolute atomic E-state index is 0.00142. The molecule has 0 aliphatic heterocycles. The number of methoxy groups -OCH3 is 1. The molecule has 4 heteroatoms. The second-order valence-corrected chi connectivity index (χ2v) is 5.70. The fourth-order valence-electron chi connectivity index (χ4n) is 3.02. The van der Waals surface area contributed by atoms with Crippen LogP contribution in [-0.2, 0) is 4.79 Å². The van der Waals surface area contributed by atoms with Gasteiger partial charge in [0.1, 0.15) is 17.1 Å². The van der Waals surface area contributed by atoms with E-state index in [4.69, 9.17) is 9.15 Å². The highest BCUT2D eigenvalue weighted by Crippen LogP contribution is 2.36. The van der Waals surface area contributed by atoms with E-state index in [-0.39, 0.29) is 12.2 Å². The molecule has 1 atom stereocenters. The van der Waals surface area contributed by atoms with Crippen molar-refractivity contribution in [1.29, 1.82) is 0 Å². The molecule has 1 heterocycles. The van der Waals surface area contributed by atoms with E-state index < -0.39 is 11.5 Å². The Balaban J connectivity index is 2.29. The van der Waals surface area contributed by atoms with Crippen molar-refractivity contribution in [2.45, 2.75) is 19.3 Å². The maximum Gasteiger partial charge on any atom is 0.343 e. The quantitative estimate of drug-likeness (QED) is 0.668. The lowest BCUT2D eigenvalue weighted by Crippen LogP contribution is -2.17. The van der Waals surface area contributed by atoms with E-state index in [0.717, 1.165) is 10.9 Å². The highest BCUT2D eigenvalue weighted by atomic mass is 16.5. The van der Waals surface area contributed by atoms with E-state index in [2.05, 4.69) is 0 Å². The number of carbonyl (C=O) groups excluding carboxylic acids is 1. The van der Waals surface area contributed by atoms with Gasteiger partial charge in [0.05, 0.1) is 18.1 Å². The molecule has 0 unspecified atom stereocenters. The fraction of sp³-hybridized carbons (Fsp3) is 0.200. The number of para-hydroxylation sites is 1. The molecule has 0 amide bonds. The number of hydrogen-bond donors (Lipinski definition) is 0. The van der Waals surface area contributed by atoms with Crippen molar-refractivity contribution < 1.29 is 13.9 Å². The molecule has 0 saturated heterocycles. The Morgan fingerprint density at radius 1 is 1.08 bits per heavy atom. The molecule has 3 aromatic rings. The van der Waals surface area contributed by atoms with Gasteiger partial charge in [-0.3, -0.25) is 4.79 Å². The predicted octanol–water partition coefficient (Wildman–Crippen LogP) is 3.91. The number of Topliss-reactive ketones (excluding diaryl/α,β-unsaturated/α-hetero) is 1. The second kappa shape index (κ2) is 6.71. The van der Waals surface area contributed by atoms with Gasteiger partial charge in [-0.25, -0.2) is 4.79 Å². The molecule has 4 nitrogen and oxygen atoms in total. The summed E-state index contributed by atoms with van der Waals surface area (Å²) < 4.78 is 11.0. The van der Waals surface area contributed by atoms with E-state index in [9.17, 15) is 9.59 Å². The van der Waals surface area contributed by atoms with Crippen LogP contribution in [0.3, 0.4) is 0 Å². The largest absolute Gasteiger partial charge is 0.495 e. The molecule has 0 N–H and O–H groups in total. The average molecular weight is 322 g/mol. The van der Waals surface area contributed by atoms with E-state index in [0.29, 0.717) is 16.9 Å². The molecule has 122 valence electrons. The number of benzene rings is 2. The maximum atomic E-state index is 12.7. The molecule has 0 saturated carbocycles.